The summed E-state index contributed by atoms with van der Waals surface area (Å²) >= 11 is 0. The zero-order valence-electron chi connectivity index (χ0n) is 17.6. The second-order valence-electron chi connectivity index (χ2n) is 6.98. The Balaban J connectivity index is 0.00000363. The van der Waals surface area contributed by atoms with Crippen LogP contribution in [-0.2, 0) is 29.5 Å². The van der Waals surface area contributed by atoms with Crippen LogP contribution in [0.15, 0.2) is 82.7 Å². The van der Waals surface area contributed by atoms with Crippen LogP contribution >= 0.6 is 24.0 Å². The van der Waals surface area contributed by atoms with Crippen molar-refractivity contribution < 1.29 is 12.8 Å². The fourth-order valence-electron chi connectivity index (χ4n) is 2.91. The molecule has 170 valence electrons. The van der Waals surface area contributed by atoms with Crippen LogP contribution in [0.3, 0.4) is 0 Å². The molecule has 0 amide bonds. The van der Waals surface area contributed by atoms with E-state index in [-0.39, 0.29) is 47.9 Å². The minimum Gasteiger partial charge on any atom is -0.370 e. The lowest BCUT2D eigenvalue weighted by Gasteiger charge is -2.09. The van der Waals surface area contributed by atoms with E-state index >= 15 is 0 Å². The Morgan fingerprint density at radius 1 is 0.969 bits per heavy atom. The molecular weight excluding hydrogens is 542 g/mol. The van der Waals surface area contributed by atoms with Gasteiger partial charge < -0.3 is 11.1 Å². The normalized spacial score (nSPS) is 11.6. The monoisotopic (exact) mass is 568 g/mol. The molecule has 3 aromatic rings. The van der Waals surface area contributed by atoms with Crippen molar-refractivity contribution in [1.29, 1.82) is 0 Å². The van der Waals surface area contributed by atoms with Gasteiger partial charge in [0.15, 0.2) is 5.96 Å². The highest BCUT2D eigenvalue weighted by atomic mass is 127. The molecule has 3 rings (SSSR count). The molecule has 32 heavy (non-hydrogen) atoms. The van der Waals surface area contributed by atoms with E-state index in [1.807, 2.05) is 24.3 Å². The van der Waals surface area contributed by atoms with Crippen LogP contribution in [0.2, 0.25) is 0 Å². The molecule has 0 heterocycles. The summed E-state index contributed by atoms with van der Waals surface area (Å²) < 4.78 is 41.0. The summed E-state index contributed by atoms with van der Waals surface area (Å²) in [5.41, 5.74) is 9.24. The summed E-state index contributed by atoms with van der Waals surface area (Å²) in [5.74, 6) is -0.175. The third kappa shape index (κ3) is 7.57. The number of aliphatic imine (C=N–C) groups is 1. The van der Waals surface area contributed by atoms with Gasteiger partial charge in [-0.15, -0.1) is 24.0 Å². The second-order valence-corrected chi connectivity index (χ2v) is 8.75. The number of benzene rings is 3. The number of sulfonamides is 1. The van der Waals surface area contributed by atoms with Crippen LogP contribution in [0.5, 0.6) is 0 Å². The maximum absolute atomic E-state index is 13.3. The molecule has 0 aliphatic rings. The first-order chi connectivity index (χ1) is 14.9. The van der Waals surface area contributed by atoms with Gasteiger partial charge in [-0.1, -0.05) is 43.3 Å². The van der Waals surface area contributed by atoms with Crippen molar-refractivity contribution in [2.24, 2.45) is 10.7 Å². The molecule has 0 radical (unpaired) electrons. The molecule has 0 spiro atoms. The number of nitrogens with zero attached hydrogens (tertiary/aromatic N) is 1. The van der Waals surface area contributed by atoms with E-state index in [1.54, 1.807) is 24.3 Å². The molecule has 6 nitrogen and oxygen atoms in total. The van der Waals surface area contributed by atoms with Gasteiger partial charge in [0, 0.05) is 12.2 Å². The Morgan fingerprint density at radius 2 is 1.66 bits per heavy atom. The quantitative estimate of drug-likeness (QED) is 0.213. The average molecular weight is 568 g/mol. The largest absolute Gasteiger partial charge is 0.370 e. The van der Waals surface area contributed by atoms with Gasteiger partial charge in [0.05, 0.1) is 11.4 Å². The fraction of sp³-hybridized carbons (Fsp3) is 0.174. The van der Waals surface area contributed by atoms with Crippen LogP contribution in [-0.4, -0.2) is 14.4 Å². The van der Waals surface area contributed by atoms with Crippen LogP contribution in [0.1, 0.15) is 23.6 Å². The summed E-state index contributed by atoms with van der Waals surface area (Å²) in [6.07, 6.45) is 0.959. The summed E-state index contributed by atoms with van der Waals surface area (Å²) in [5, 5.41) is 3.02. The van der Waals surface area contributed by atoms with Gasteiger partial charge in [0.2, 0.25) is 10.0 Å². The molecule has 0 atom stereocenters. The Hall–Kier alpha value is -2.50. The third-order valence-electron chi connectivity index (χ3n) is 4.63. The van der Waals surface area contributed by atoms with Crippen LogP contribution in [0.4, 0.5) is 10.1 Å². The number of aryl methyl sites for hydroxylation is 1. The van der Waals surface area contributed by atoms with Crippen LogP contribution in [0.25, 0.3) is 0 Å². The number of hydrogen-bond donors (Lipinski definition) is 3. The van der Waals surface area contributed by atoms with Crippen LogP contribution < -0.4 is 15.8 Å². The highest BCUT2D eigenvalue weighted by Crippen LogP contribution is 2.14. The van der Waals surface area contributed by atoms with E-state index < -0.39 is 15.8 Å². The molecule has 0 fully saturated rings. The number of rotatable bonds is 8. The molecular formula is C23H26FIN4O2S. The predicted molar refractivity (Wildman–Crippen MR) is 137 cm³/mol. The van der Waals surface area contributed by atoms with Crippen molar-refractivity contribution in [1.82, 2.24) is 4.72 Å². The molecule has 0 bridgehead atoms. The first-order valence-corrected chi connectivity index (χ1v) is 11.3. The molecule has 0 saturated carbocycles. The number of halogens is 2. The highest BCUT2D eigenvalue weighted by Gasteiger charge is 2.14. The number of nitrogens with one attached hydrogen (secondary N) is 2. The average Bonchev–Trinajstić information content (AvgIpc) is 2.77. The SMILES string of the molecule is CCc1ccc(NC(N)=NCc2cccc(S(=O)(=O)NCc3cccc(F)c3)c2)cc1.I. The summed E-state index contributed by atoms with van der Waals surface area (Å²) in [4.78, 5) is 4.39. The van der Waals surface area contributed by atoms with Gasteiger partial charge in [-0.2, -0.15) is 0 Å². The van der Waals surface area contributed by atoms with Crippen LogP contribution in [0, 0.1) is 5.82 Å². The van der Waals surface area contributed by atoms with Crippen molar-refractivity contribution in [3.8, 4) is 0 Å². The Morgan fingerprint density at radius 3 is 2.34 bits per heavy atom. The van der Waals surface area contributed by atoms with Crippen molar-refractivity contribution in [3.63, 3.8) is 0 Å². The van der Waals surface area contributed by atoms with E-state index in [2.05, 4.69) is 22.0 Å². The van der Waals surface area contributed by atoms with Crippen molar-refractivity contribution in [2.45, 2.75) is 31.3 Å². The molecule has 0 saturated heterocycles. The number of guanidine groups is 1. The Bertz CT molecular complexity index is 1170. The van der Waals surface area contributed by atoms with E-state index in [9.17, 15) is 12.8 Å². The lowest BCUT2D eigenvalue weighted by Crippen LogP contribution is -2.23. The van der Waals surface area contributed by atoms with E-state index in [1.165, 1.54) is 29.8 Å². The first-order valence-electron chi connectivity index (χ1n) is 9.84. The van der Waals surface area contributed by atoms with E-state index in [4.69, 9.17) is 5.73 Å². The van der Waals surface area contributed by atoms with Gasteiger partial charge in [0.1, 0.15) is 5.82 Å². The highest BCUT2D eigenvalue weighted by molar-refractivity contribution is 14.0. The lowest BCUT2D eigenvalue weighted by atomic mass is 10.1. The molecule has 3 aromatic carbocycles. The lowest BCUT2D eigenvalue weighted by molar-refractivity contribution is 0.580. The van der Waals surface area contributed by atoms with Gasteiger partial charge in [-0.05, 0) is 59.5 Å². The molecule has 4 N–H and O–H groups in total. The van der Waals surface area contributed by atoms with Crippen molar-refractivity contribution in [3.05, 3.63) is 95.3 Å². The first kappa shape index (κ1) is 25.8. The minimum atomic E-state index is -3.76. The summed E-state index contributed by atoms with van der Waals surface area (Å²) in [6, 6.07) is 20.1. The Kier molecular flexibility index (Phi) is 9.60. The topological polar surface area (TPSA) is 96.6 Å². The van der Waals surface area contributed by atoms with Gasteiger partial charge in [0.25, 0.3) is 0 Å². The molecule has 0 aliphatic heterocycles. The molecule has 9 heteroatoms. The molecule has 0 unspecified atom stereocenters. The van der Waals surface area contributed by atoms with Crippen molar-refractivity contribution in [2.75, 3.05) is 5.32 Å². The Labute approximate surface area is 205 Å². The predicted octanol–water partition coefficient (Wildman–Crippen LogP) is 4.41. The fourth-order valence-corrected chi connectivity index (χ4v) is 3.99. The minimum absolute atomic E-state index is 0. The molecule has 0 aliphatic carbocycles. The zero-order valence-corrected chi connectivity index (χ0v) is 20.7. The third-order valence-corrected chi connectivity index (χ3v) is 6.03. The van der Waals surface area contributed by atoms with Gasteiger partial charge in [-0.25, -0.2) is 22.5 Å². The number of anilines is 1. The number of hydrogen-bond acceptors (Lipinski definition) is 3. The smallest absolute Gasteiger partial charge is 0.240 e. The van der Waals surface area contributed by atoms with Gasteiger partial charge >= 0.3 is 0 Å². The maximum atomic E-state index is 13.3. The van der Waals surface area contributed by atoms with E-state index in [0.29, 0.717) is 11.1 Å². The summed E-state index contributed by atoms with van der Waals surface area (Å²) in [7, 11) is -3.76. The number of nitrogens with two attached hydrogens (primary N) is 1. The maximum Gasteiger partial charge on any atom is 0.240 e. The van der Waals surface area contributed by atoms with Crippen molar-refractivity contribution >= 4 is 45.6 Å². The van der Waals surface area contributed by atoms with Gasteiger partial charge in [-0.3, -0.25) is 0 Å². The molecule has 0 aromatic heterocycles. The van der Waals surface area contributed by atoms with E-state index in [0.717, 1.165) is 12.1 Å². The second kappa shape index (κ2) is 11.9. The standard InChI is InChI=1S/C23H25FN4O2S.HI/c1-2-17-9-11-21(12-10-17)28-23(25)26-15-19-6-4-8-22(14-19)31(29,30)27-16-18-5-3-7-20(24)13-18;/h3-14,27H,2,15-16H2,1H3,(H3,25,26,28);1H. The summed E-state index contributed by atoms with van der Waals surface area (Å²) in [6.45, 7) is 2.30. The zero-order chi connectivity index (χ0) is 22.3.